The largest absolute Gasteiger partial charge is 0.496 e. The average molecular weight is 289 g/mol. The number of methoxy groups -OCH3 is 1. The summed E-state index contributed by atoms with van der Waals surface area (Å²) in [7, 11) is 1.70. The fraction of sp³-hybridized carbons (Fsp3) is 0.647. The van der Waals surface area contributed by atoms with E-state index < -0.39 is 0 Å². The molecule has 1 aromatic carbocycles. The van der Waals surface area contributed by atoms with E-state index >= 15 is 0 Å². The van der Waals surface area contributed by atoms with Crippen LogP contribution < -0.4 is 10.5 Å². The Kier molecular flexibility index (Phi) is 4.78. The van der Waals surface area contributed by atoms with Crippen molar-refractivity contribution in [3.63, 3.8) is 0 Å². The smallest absolute Gasteiger partial charge is 0.123 e. The van der Waals surface area contributed by atoms with E-state index in [1.54, 1.807) is 7.11 Å². The highest BCUT2D eigenvalue weighted by atomic mass is 16.5. The van der Waals surface area contributed by atoms with E-state index in [9.17, 15) is 0 Å². The predicted molar refractivity (Wildman–Crippen MR) is 85.4 cm³/mol. The Morgan fingerprint density at radius 1 is 1.24 bits per heavy atom. The minimum Gasteiger partial charge on any atom is -0.496 e. The second-order valence-corrected chi connectivity index (χ2v) is 6.27. The van der Waals surface area contributed by atoms with E-state index in [0.717, 1.165) is 23.9 Å². The molecule has 2 aliphatic rings. The van der Waals surface area contributed by atoms with E-state index in [-0.39, 0.29) is 0 Å². The van der Waals surface area contributed by atoms with Crippen LogP contribution in [0.3, 0.4) is 0 Å². The summed E-state index contributed by atoms with van der Waals surface area (Å²) in [5.74, 6) is 0.901. The van der Waals surface area contributed by atoms with Gasteiger partial charge in [0, 0.05) is 37.8 Å². The van der Waals surface area contributed by atoms with Crippen LogP contribution in [0.15, 0.2) is 18.2 Å². The van der Waals surface area contributed by atoms with Gasteiger partial charge in [-0.3, -0.25) is 9.80 Å². The van der Waals surface area contributed by atoms with Gasteiger partial charge in [-0.1, -0.05) is 6.07 Å². The summed E-state index contributed by atoms with van der Waals surface area (Å²) < 4.78 is 5.35. The average Bonchev–Trinajstić information content (AvgIpc) is 3.17. The molecule has 1 unspecified atom stereocenters. The zero-order valence-electron chi connectivity index (χ0n) is 13.1. The molecule has 0 saturated carbocycles. The number of hydrogen-bond acceptors (Lipinski definition) is 4. The van der Waals surface area contributed by atoms with Crippen molar-refractivity contribution < 1.29 is 4.74 Å². The summed E-state index contributed by atoms with van der Waals surface area (Å²) in [5, 5.41) is 0. The molecule has 21 heavy (non-hydrogen) atoms. The summed E-state index contributed by atoms with van der Waals surface area (Å²) in [6.07, 6.45) is 4.09. The van der Waals surface area contributed by atoms with Crippen LogP contribution in [0.25, 0.3) is 0 Å². The van der Waals surface area contributed by atoms with E-state index in [1.807, 2.05) is 6.07 Å². The molecule has 0 aliphatic carbocycles. The van der Waals surface area contributed by atoms with Crippen LogP contribution in [0.4, 0.5) is 0 Å². The maximum Gasteiger partial charge on any atom is 0.123 e. The monoisotopic (exact) mass is 289 g/mol. The summed E-state index contributed by atoms with van der Waals surface area (Å²) in [4.78, 5) is 5.25. The van der Waals surface area contributed by atoms with E-state index in [4.69, 9.17) is 10.5 Å². The molecular formula is C17H27N3O. The third-order valence-corrected chi connectivity index (χ3v) is 4.88. The molecule has 0 amide bonds. The van der Waals surface area contributed by atoms with Crippen molar-refractivity contribution in [2.75, 3.05) is 33.3 Å². The normalized spacial score (nSPS) is 23.8. The van der Waals surface area contributed by atoms with Crippen molar-refractivity contribution in [2.24, 2.45) is 5.73 Å². The van der Waals surface area contributed by atoms with Crippen LogP contribution in [-0.2, 0) is 13.1 Å². The van der Waals surface area contributed by atoms with Crippen LogP contribution in [0.1, 0.15) is 30.4 Å². The number of nitrogens with zero attached hydrogens (tertiary/aromatic N) is 2. The highest BCUT2D eigenvalue weighted by Gasteiger charge is 2.29. The number of rotatable bonds is 5. The Balaban J connectivity index is 1.59. The van der Waals surface area contributed by atoms with Crippen molar-refractivity contribution in [3.8, 4) is 5.75 Å². The maximum absolute atomic E-state index is 5.81. The highest BCUT2D eigenvalue weighted by molar-refractivity contribution is 5.37. The number of nitrogens with two attached hydrogens (primary N) is 1. The Morgan fingerprint density at radius 2 is 2.05 bits per heavy atom. The summed E-state index contributed by atoms with van der Waals surface area (Å²) in [6.45, 7) is 6.60. The van der Waals surface area contributed by atoms with Gasteiger partial charge in [0.25, 0.3) is 0 Å². The molecule has 0 spiro atoms. The third-order valence-electron chi connectivity index (χ3n) is 4.88. The van der Waals surface area contributed by atoms with Gasteiger partial charge in [-0.05, 0) is 50.0 Å². The molecular weight excluding hydrogens is 262 g/mol. The van der Waals surface area contributed by atoms with Gasteiger partial charge in [-0.15, -0.1) is 0 Å². The number of hydrogen-bond donors (Lipinski definition) is 1. The van der Waals surface area contributed by atoms with E-state index in [1.165, 1.54) is 51.0 Å². The fourth-order valence-electron chi connectivity index (χ4n) is 3.71. The molecule has 2 fully saturated rings. The van der Waals surface area contributed by atoms with Crippen molar-refractivity contribution in [2.45, 2.75) is 38.4 Å². The molecule has 2 aliphatic heterocycles. The van der Waals surface area contributed by atoms with Gasteiger partial charge >= 0.3 is 0 Å². The molecule has 3 rings (SSSR count). The standard InChI is InChI=1S/C17H27N3O/c1-21-17-5-4-14(10-15(17)11-18)12-19-9-6-16(13-19)20-7-2-3-8-20/h4-5,10,16H,2-3,6-9,11-13,18H2,1H3. The van der Waals surface area contributed by atoms with Crippen LogP contribution >= 0.6 is 0 Å². The van der Waals surface area contributed by atoms with E-state index in [0.29, 0.717) is 6.54 Å². The molecule has 2 N–H and O–H groups in total. The van der Waals surface area contributed by atoms with Gasteiger partial charge in [-0.25, -0.2) is 0 Å². The zero-order chi connectivity index (χ0) is 14.7. The van der Waals surface area contributed by atoms with Gasteiger partial charge in [0.15, 0.2) is 0 Å². The Hall–Kier alpha value is -1.10. The highest BCUT2D eigenvalue weighted by Crippen LogP contribution is 2.24. The van der Waals surface area contributed by atoms with Crippen LogP contribution in [-0.4, -0.2) is 49.1 Å². The second-order valence-electron chi connectivity index (χ2n) is 6.27. The second kappa shape index (κ2) is 6.77. The lowest BCUT2D eigenvalue weighted by molar-refractivity contribution is 0.230. The maximum atomic E-state index is 5.81. The van der Waals surface area contributed by atoms with Crippen LogP contribution in [0.2, 0.25) is 0 Å². The molecule has 0 radical (unpaired) electrons. The van der Waals surface area contributed by atoms with Crippen LogP contribution in [0, 0.1) is 0 Å². The first-order valence-electron chi connectivity index (χ1n) is 8.12. The first-order valence-corrected chi connectivity index (χ1v) is 8.12. The molecule has 0 bridgehead atoms. The summed E-state index contributed by atoms with van der Waals surface area (Å²) >= 11 is 0. The quantitative estimate of drug-likeness (QED) is 0.898. The molecule has 0 aromatic heterocycles. The first-order chi connectivity index (χ1) is 10.3. The molecule has 1 atom stereocenters. The molecule has 116 valence electrons. The lowest BCUT2D eigenvalue weighted by Gasteiger charge is -2.23. The molecule has 4 heteroatoms. The lowest BCUT2D eigenvalue weighted by atomic mass is 10.1. The molecule has 2 heterocycles. The van der Waals surface area contributed by atoms with Crippen LogP contribution in [0.5, 0.6) is 5.75 Å². The summed E-state index contributed by atoms with van der Waals surface area (Å²) in [6, 6.07) is 7.19. The predicted octanol–water partition coefficient (Wildman–Crippen LogP) is 1.82. The van der Waals surface area contributed by atoms with Gasteiger partial charge in [0.05, 0.1) is 7.11 Å². The topological polar surface area (TPSA) is 41.7 Å². The number of benzene rings is 1. The van der Waals surface area contributed by atoms with Crippen molar-refractivity contribution in [3.05, 3.63) is 29.3 Å². The zero-order valence-corrected chi connectivity index (χ0v) is 13.1. The third kappa shape index (κ3) is 3.39. The van der Waals surface area contributed by atoms with Gasteiger partial charge in [-0.2, -0.15) is 0 Å². The minimum atomic E-state index is 0.535. The van der Waals surface area contributed by atoms with Crippen molar-refractivity contribution in [1.29, 1.82) is 0 Å². The minimum absolute atomic E-state index is 0.535. The summed E-state index contributed by atoms with van der Waals surface area (Å²) in [5.41, 5.74) is 8.26. The van der Waals surface area contributed by atoms with E-state index in [2.05, 4.69) is 21.9 Å². The van der Waals surface area contributed by atoms with Gasteiger partial charge < -0.3 is 10.5 Å². The Bertz CT molecular complexity index is 471. The van der Waals surface area contributed by atoms with Crippen molar-refractivity contribution >= 4 is 0 Å². The first kappa shape index (κ1) is 14.8. The molecule has 1 aromatic rings. The number of ether oxygens (including phenoxy) is 1. The number of likely N-dealkylation sites (tertiary alicyclic amines) is 2. The van der Waals surface area contributed by atoms with Gasteiger partial charge in [0.2, 0.25) is 0 Å². The Labute approximate surface area is 127 Å². The Morgan fingerprint density at radius 3 is 2.76 bits per heavy atom. The fourth-order valence-corrected chi connectivity index (χ4v) is 3.71. The van der Waals surface area contributed by atoms with Gasteiger partial charge in [0.1, 0.15) is 5.75 Å². The molecule has 4 nitrogen and oxygen atoms in total. The SMILES string of the molecule is COc1ccc(CN2CCC(N3CCCC3)C2)cc1CN. The van der Waals surface area contributed by atoms with Crippen molar-refractivity contribution in [1.82, 2.24) is 9.80 Å². The molecule has 2 saturated heterocycles. The lowest BCUT2D eigenvalue weighted by Crippen LogP contribution is -2.35.